The van der Waals surface area contributed by atoms with Crippen LogP contribution in [0.1, 0.15) is 168 Å². The minimum absolute atomic E-state index is 0.209. The number of nitrogens with two attached hydrogens (primary N) is 2. The van der Waals surface area contributed by atoms with Crippen LogP contribution in [0.3, 0.4) is 0 Å². The number of hydrogen-bond acceptors (Lipinski definition) is 2. The Kier molecular flexibility index (Phi) is 26.1. The molecule has 0 aromatic heterocycles. The third kappa shape index (κ3) is 24.4. The van der Waals surface area contributed by atoms with Crippen LogP contribution in [0.5, 0.6) is 0 Å². The van der Waals surface area contributed by atoms with Gasteiger partial charge in [-0.1, -0.05) is 162 Å². The fourth-order valence-corrected chi connectivity index (χ4v) is 4.92. The lowest BCUT2D eigenvalue weighted by molar-refractivity contribution is 0.355. The number of rotatable bonds is 26. The summed E-state index contributed by atoms with van der Waals surface area (Å²) in [5, 5.41) is 0. The molecule has 31 heavy (non-hydrogen) atoms. The highest BCUT2D eigenvalue weighted by Crippen LogP contribution is 2.23. The summed E-state index contributed by atoms with van der Waals surface area (Å²) in [5.74, 6) is 0.811. The van der Waals surface area contributed by atoms with E-state index >= 15 is 0 Å². The predicted molar refractivity (Wildman–Crippen MR) is 143 cm³/mol. The van der Waals surface area contributed by atoms with Gasteiger partial charge in [-0.3, -0.25) is 0 Å². The van der Waals surface area contributed by atoms with Crippen molar-refractivity contribution >= 4 is 0 Å². The Balaban J connectivity index is 3.65. The maximum atomic E-state index is 6.20. The fraction of sp³-hybridized carbons (Fsp3) is 1.00. The number of hydrogen-bond donors (Lipinski definition) is 2. The molecule has 188 valence electrons. The van der Waals surface area contributed by atoms with Crippen LogP contribution in [0.15, 0.2) is 0 Å². The molecule has 0 aliphatic heterocycles. The van der Waals surface area contributed by atoms with Crippen molar-refractivity contribution in [3.63, 3.8) is 0 Å². The van der Waals surface area contributed by atoms with E-state index in [1.165, 1.54) is 148 Å². The summed E-state index contributed by atoms with van der Waals surface area (Å²) in [4.78, 5) is 0. The molecule has 0 spiro atoms. The Morgan fingerprint density at radius 3 is 1.03 bits per heavy atom. The highest BCUT2D eigenvalue weighted by Gasteiger charge is 2.12. The second-order valence-electron chi connectivity index (χ2n) is 10.4. The zero-order valence-electron chi connectivity index (χ0n) is 22.0. The van der Waals surface area contributed by atoms with Crippen LogP contribution in [0.25, 0.3) is 0 Å². The summed E-state index contributed by atoms with van der Waals surface area (Å²) in [6.45, 7) is 5.24. The van der Waals surface area contributed by atoms with Crippen molar-refractivity contribution in [3.05, 3.63) is 0 Å². The topological polar surface area (TPSA) is 52.0 Å². The summed E-state index contributed by atoms with van der Waals surface area (Å²) < 4.78 is 0. The van der Waals surface area contributed by atoms with Crippen molar-refractivity contribution in [2.24, 2.45) is 17.4 Å². The first-order valence-electron chi connectivity index (χ1n) is 14.7. The van der Waals surface area contributed by atoms with Gasteiger partial charge in [0.25, 0.3) is 0 Å². The summed E-state index contributed by atoms with van der Waals surface area (Å²) in [7, 11) is 0. The molecule has 2 heteroatoms. The fourth-order valence-electron chi connectivity index (χ4n) is 4.92. The maximum Gasteiger partial charge on any atom is 0.0165 e. The van der Waals surface area contributed by atoms with E-state index in [0.29, 0.717) is 6.54 Å². The average Bonchev–Trinajstić information content (AvgIpc) is 2.78. The van der Waals surface area contributed by atoms with Gasteiger partial charge < -0.3 is 11.5 Å². The maximum absolute atomic E-state index is 6.20. The van der Waals surface area contributed by atoms with E-state index in [9.17, 15) is 0 Å². The van der Waals surface area contributed by atoms with Gasteiger partial charge in [0.1, 0.15) is 0 Å². The van der Waals surface area contributed by atoms with Crippen LogP contribution < -0.4 is 11.5 Å². The molecule has 0 aromatic carbocycles. The lowest BCUT2D eigenvalue weighted by Gasteiger charge is -2.20. The molecule has 0 aromatic rings. The summed E-state index contributed by atoms with van der Waals surface area (Å²) in [6.07, 6.45) is 33.9. The second kappa shape index (κ2) is 26.2. The van der Waals surface area contributed by atoms with Crippen molar-refractivity contribution < 1.29 is 0 Å². The molecule has 2 atom stereocenters. The Bertz CT molecular complexity index is 318. The average molecular weight is 439 g/mol. The number of unbranched alkanes of at least 4 members (excludes halogenated alkanes) is 19. The molecule has 0 fully saturated rings. The van der Waals surface area contributed by atoms with E-state index in [2.05, 4.69) is 13.8 Å². The molecule has 2 unspecified atom stereocenters. The zero-order valence-corrected chi connectivity index (χ0v) is 22.0. The highest BCUT2D eigenvalue weighted by atomic mass is 14.7. The van der Waals surface area contributed by atoms with Gasteiger partial charge in [0.05, 0.1) is 0 Å². The van der Waals surface area contributed by atoms with Gasteiger partial charge in [-0.05, 0) is 12.3 Å². The molecule has 2 nitrogen and oxygen atoms in total. The Morgan fingerprint density at radius 1 is 0.452 bits per heavy atom. The van der Waals surface area contributed by atoms with Crippen molar-refractivity contribution in [1.82, 2.24) is 0 Å². The second-order valence-corrected chi connectivity index (χ2v) is 10.4. The first-order valence-corrected chi connectivity index (χ1v) is 14.7. The Hall–Kier alpha value is -0.0800. The van der Waals surface area contributed by atoms with Crippen molar-refractivity contribution in [2.75, 3.05) is 6.54 Å². The molecule has 0 heterocycles. The first-order chi connectivity index (χ1) is 15.2. The van der Waals surface area contributed by atoms with Crippen LogP contribution >= 0.6 is 0 Å². The van der Waals surface area contributed by atoms with Crippen LogP contribution in [-0.2, 0) is 0 Å². The smallest absolute Gasteiger partial charge is 0.0165 e. The van der Waals surface area contributed by atoms with Crippen molar-refractivity contribution in [1.29, 1.82) is 0 Å². The molecule has 4 N–H and O–H groups in total. The minimum atomic E-state index is 0.209. The van der Waals surface area contributed by atoms with E-state index in [0.717, 1.165) is 12.3 Å². The highest BCUT2D eigenvalue weighted by molar-refractivity contribution is 4.70. The molecule has 0 rings (SSSR count). The summed E-state index contributed by atoms with van der Waals surface area (Å²) >= 11 is 0. The largest absolute Gasteiger partial charge is 0.329 e. The lowest BCUT2D eigenvalue weighted by atomic mass is 9.89. The predicted octanol–water partition coefficient (Wildman–Crippen LogP) is 9.29. The molecular weight excluding hydrogens is 376 g/mol. The standard InChI is InChI=1S/C29H62N2/c1-3-5-7-9-11-13-15-17-19-21-23-25-28(26-29(31)27-30)24-22-20-18-16-14-12-10-8-6-4-2/h28-29H,3-27,30-31H2,1-2H3. The van der Waals surface area contributed by atoms with Crippen LogP contribution in [0, 0.1) is 5.92 Å². The normalized spacial score (nSPS) is 13.5. The quantitative estimate of drug-likeness (QED) is 0.132. The Labute approximate surface area is 198 Å². The molecule has 0 aliphatic rings. The van der Waals surface area contributed by atoms with Crippen LogP contribution in [-0.4, -0.2) is 12.6 Å². The van der Waals surface area contributed by atoms with E-state index in [1.807, 2.05) is 0 Å². The van der Waals surface area contributed by atoms with Crippen molar-refractivity contribution in [3.8, 4) is 0 Å². The van der Waals surface area contributed by atoms with Gasteiger partial charge in [-0.2, -0.15) is 0 Å². The molecule has 0 bridgehead atoms. The molecular formula is C29H62N2. The van der Waals surface area contributed by atoms with Gasteiger partial charge in [-0.15, -0.1) is 0 Å². The van der Waals surface area contributed by atoms with E-state index in [-0.39, 0.29) is 6.04 Å². The molecule has 0 saturated heterocycles. The first kappa shape index (κ1) is 30.9. The summed E-state index contributed by atoms with van der Waals surface area (Å²) in [5.41, 5.74) is 12.0. The molecule has 0 radical (unpaired) electrons. The molecule has 0 saturated carbocycles. The molecule has 0 aliphatic carbocycles. The van der Waals surface area contributed by atoms with Gasteiger partial charge in [0.2, 0.25) is 0 Å². The zero-order chi connectivity index (χ0) is 22.8. The van der Waals surface area contributed by atoms with Gasteiger partial charge in [0, 0.05) is 12.6 Å². The Morgan fingerprint density at radius 2 is 0.742 bits per heavy atom. The van der Waals surface area contributed by atoms with Crippen LogP contribution in [0.4, 0.5) is 0 Å². The SMILES string of the molecule is CCCCCCCCCCCCCC(CCCCCCCCCCCC)CC(N)CN. The summed E-state index contributed by atoms with van der Waals surface area (Å²) in [6, 6.07) is 0.209. The minimum Gasteiger partial charge on any atom is -0.329 e. The van der Waals surface area contributed by atoms with E-state index in [4.69, 9.17) is 11.5 Å². The van der Waals surface area contributed by atoms with Crippen LogP contribution in [0.2, 0.25) is 0 Å². The van der Waals surface area contributed by atoms with Gasteiger partial charge >= 0.3 is 0 Å². The van der Waals surface area contributed by atoms with Gasteiger partial charge in [-0.25, -0.2) is 0 Å². The molecule has 0 amide bonds. The van der Waals surface area contributed by atoms with Crippen molar-refractivity contribution in [2.45, 2.75) is 174 Å². The third-order valence-corrected chi connectivity index (χ3v) is 7.12. The van der Waals surface area contributed by atoms with E-state index in [1.54, 1.807) is 0 Å². The monoisotopic (exact) mass is 438 g/mol. The third-order valence-electron chi connectivity index (χ3n) is 7.12. The van der Waals surface area contributed by atoms with E-state index < -0.39 is 0 Å². The lowest BCUT2D eigenvalue weighted by Crippen LogP contribution is -2.31. The van der Waals surface area contributed by atoms with Gasteiger partial charge in [0.15, 0.2) is 0 Å².